The molecule has 0 spiro atoms. The maximum absolute atomic E-state index is 11.6. The third-order valence-corrected chi connectivity index (χ3v) is 4.60. The third kappa shape index (κ3) is 2.24. The van der Waals surface area contributed by atoms with E-state index in [0.29, 0.717) is 17.7 Å². The molecule has 3 rings (SSSR count). The highest BCUT2D eigenvalue weighted by atomic mass is 16.1. The van der Waals surface area contributed by atoms with Gasteiger partial charge in [-0.2, -0.15) is 0 Å². The fraction of sp³-hybridized carbons (Fsp3) is 0.667. The second kappa shape index (κ2) is 4.88. The molecule has 0 aromatic heterocycles. The molecule has 3 atom stereocenters. The van der Waals surface area contributed by atoms with Crippen molar-refractivity contribution in [3.05, 3.63) is 24.9 Å². The zero-order valence-electron chi connectivity index (χ0n) is 10.9. The van der Waals surface area contributed by atoms with Crippen LogP contribution in [0.1, 0.15) is 19.3 Å². The third-order valence-electron chi connectivity index (χ3n) is 4.60. The molecule has 0 aliphatic carbocycles. The Hall–Kier alpha value is -1.09. The van der Waals surface area contributed by atoms with Gasteiger partial charge in [0.15, 0.2) is 5.78 Å². The highest BCUT2D eigenvalue weighted by molar-refractivity contribution is 5.90. The normalized spacial score (nSPS) is 35.4. The maximum Gasteiger partial charge on any atom is 0.159 e. The van der Waals surface area contributed by atoms with Gasteiger partial charge in [0.05, 0.1) is 0 Å². The number of fused-ring (bicyclic) bond motifs is 4. The summed E-state index contributed by atoms with van der Waals surface area (Å²) in [5.74, 6) is 1.76. The lowest BCUT2D eigenvalue weighted by atomic mass is 9.77. The van der Waals surface area contributed by atoms with Crippen molar-refractivity contribution < 1.29 is 4.79 Å². The molecule has 0 radical (unpaired) electrons. The quantitative estimate of drug-likeness (QED) is 0.708. The van der Waals surface area contributed by atoms with Crippen LogP contribution in [-0.2, 0) is 4.79 Å². The SMILES string of the molecule is C=CCCN1C[C@H]2C[C@@H](C1)C1CC(=O)C=CN1C2. The highest BCUT2D eigenvalue weighted by Crippen LogP contribution is 2.36. The highest BCUT2D eigenvalue weighted by Gasteiger charge is 2.41. The lowest BCUT2D eigenvalue weighted by Crippen LogP contribution is -2.57. The van der Waals surface area contributed by atoms with E-state index in [1.165, 1.54) is 13.0 Å². The fourth-order valence-corrected chi connectivity index (χ4v) is 3.83. The zero-order valence-corrected chi connectivity index (χ0v) is 10.9. The Bertz CT molecular complexity index is 377. The Balaban J connectivity index is 1.70. The monoisotopic (exact) mass is 246 g/mol. The van der Waals surface area contributed by atoms with Gasteiger partial charge in [0, 0.05) is 44.8 Å². The van der Waals surface area contributed by atoms with Gasteiger partial charge in [0.25, 0.3) is 0 Å². The van der Waals surface area contributed by atoms with Crippen molar-refractivity contribution in [1.29, 1.82) is 0 Å². The summed E-state index contributed by atoms with van der Waals surface area (Å²) in [7, 11) is 0. The van der Waals surface area contributed by atoms with Crippen LogP contribution in [0, 0.1) is 11.8 Å². The van der Waals surface area contributed by atoms with Crippen molar-refractivity contribution in [3.63, 3.8) is 0 Å². The summed E-state index contributed by atoms with van der Waals surface area (Å²) in [6.07, 6.45) is 8.91. The topological polar surface area (TPSA) is 23.6 Å². The second-order valence-electron chi connectivity index (χ2n) is 5.95. The molecule has 3 nitrogen and oxygen atoms in total. The van der Waals surface area contributed by atoms with Gasteiger partial charge in [-0.15, -0.1) is 6.58 Å². The van der Waals surface area contributed by atoms with Crippen LogP contribution in [0.5, 0.6) is 0 Å². The van der Waals surface area contributed by atoms with Crippen LogP contribution in [0.2, 0.25) is 0 Å². The average molecular weight is 246 g/mol. The van der Waals surface area contributed by atoms with Gasteiger partial charge < -0.3 is 9.80 Å². The number of hydrogen-bond acceptors (Lipinski definition) is 3. The van der Waals surface area contributed by atoms with Gasteiger partial charge in [0.2, 0.25) is 0 Å². The van der Waals surface area contributed by atoms with E-state index in [0.717, 1.165) is 38.4 Å². The molecule has 2 fully saturated rings. The molecule has 0 amide bonds. The van der Waals surface area contributed by atoms with Crippen molar-refractivity contribution in [2.75, 3.05) is 26.2 Å². The van der Waals surface area contributed by atoms with Crippen molar-refractivity contribution in [1.82, 2.24) is 9.80 Å². The number of ketones is 1. The standard InChI is InChI=1S/C15H22N2O/c1-2-3-5-16-9-12-7-13(11-16)15-8-14(18)4-6-17(15)10-12/h2,4,6,12-13,15H,1,3,5,7-11H2/t12-,13+,15?/m1/s1. The first-order valence-electron chi connectivity index (χ1n) is 7.06. The predicted molar refractivity (Wildman–Crippen MR) is 72.1 cm³/mol. The summed E-state index contributed by atoms with van der Waals surface area (Å²) in [4.78, 5) is 16.6. The predicted octanol–water partition coefficient (Wildman–Crippen LogP) is 1.67. The number of piperidine rings is 2. The molecule has 3 aliphatic heterocycles. The fourth-order valence-electron chi connectivity index (χ4n) is 3.83. The lowest BCUT2D eigenvalue weighted by molar-refractivity contribution is -0.118. The Morgan fingerprint density at radius 3 is 3.11 bits per heavy atom. The first-order valence-corrected chi connectivity index (χ1v) is 7.06. The Labute approximate surface area is 109 Å². The first-order chi connectivity index (χ1) is 8.76. The number of rotatable bonds is 3. The molecule has 3 aliphatic rings. The molecular weight excluding hydrogens is 224 g/mol. The van der Waals surface area contributed by atoms with Crippen LogP contribution < -0.4 is 0 Å². The number of nitrogens with zero attached hydrogens (tertiary/aromatic N) is 2. The van der Waals surface area contributed by atoms with E-state index >= 15 is 0 Å². The molecule has 3 heterocycles. The molecule has 0 saturated carbocycles. The van der Waals surface area contributed by atoms with E-state index in [-0.39, 0.29) is 0 Å². The summed E-state index contributed by atoms with van der Waals surface area (Å²) in [5.41, 5.74) is 0. The van der Waals surface area contributed by atoms with Gasteiger partial charge >= 0.3 is 0 Å². The molecule has 98 valence electrons. The van der Waals surface area contributed by atoms with Crippen LogP contribution in [0.25, 0.3) is 0 Å². The van der Waals surface area contributed by atoms with E-state index < -0.39 is 0 Å². The summed E-state index contributed by atoms with van der Waals surface area (Å²) in [6.45, 7) is 8.45. The van der Waals surface area contributed by atoms with Crippen molar-refractivity contribution >= 4 is 5.78 Å². The minimum absolute atomic E-state index is 0.304. The zero-order chi connectivity index (χ0) is 12.5. The van der Waals surface area contributed by atoms with Crippen LogP contribution in [0.4, 0.5) is 0 Å². The molecule has 2 saturated heterocycles. The number of likely N-dealkylation sites (tertiary alicyclic amines) is 1. The molecular formula is C15H22N2O. The van der Waals surface area contributed by atoms with Gasteiger partial charge in [0.1, 0.15) is 0 Å². The minimum Gasteiger partial charge on any atom is -0.373 e. The van der Waals surface area contributed by atoms with E-state index in [4.69, 9.17) is 0 Å². The Morgan fingerprint density at radius 2 is 2.28 bits per heavy atom. The van der Waals surface area contributed by atoms with Crippen LogP contribution >= 0.6 is 0 Å². The van der Waals surface area contributed by atoms with E-state index in [2.05, 4.69) is 16.4 Å². The average Bonchev–Trinajstić information content (AvgIpc) is 2.37. The maximum atomic E-state index is 11.6. The molecule has 0 aromatic carbocycles. The van der Waals surface area contributed by atoms with Crippen molar-refractivity contribution in [2.45, 2.75) is 25.3 Å². The van der Waals surface area contributed by atoms with Gasteiger partial charge in [-0.05, 0) is 30.8 Å². The molecule has 0 N–H and O–H groups in total. The first kappa shape index (κ1) is 12.0. The van der Waals surface area contributed by atoms with Gasteiger partial charge in [-0.25, -0.2) is 0 Å². The Morgan fingerprint density at radius 1 is 1.39 bits per heavy atom. The molecule has 2 bridgehead atoms. The van der Waals surface area contributed by atoms with Gasteiger partial charge in [-0.3, -0.25) is 4.79 Å². The molecule has 3 heteroatoms. The number of allylic oxidation sites excluding steroid dienone is 1. The molecule has 0 aromatic rings. The van der Waals surface area contributed by atoms with E-state index in [1.54, 1.807) is 6.08 Å². The smallest absolute Gasteiger partial charge is 0.159 e. The van der Waals surface area contributed by atoms with Gasteiger partial charge in [-0.1, -0.05) is 6.08 Å². The van der Waals surface area contributed by atoms with Crippen LogP contribution in [0.3, 0.4) is 0 Å². The second-order valence-corrected chi connectivity index (χ2v) is 5.95. The number of carbonyl (C=O) groups excluding carboxylic acids is 1. The molecule has 18 heavy (non-hydrogen) atoms. The lowest BCUT2D eigenvalue weighted by Gasteiger charge is -2.51. The Kier molecular flexibility index (Phi) is 3.25. The summed E-state index contributed by atoms with van der Waals surface area (Å²) >= 11 is 0. The van der Waals surface area contributed by atoms with Crippen molar-refractivity contribution in [2.24, 2.45) is 11.8 Å². The summed E-state index contributed by atoms with van der Waals surface area (Å²) < 4.78 is 0. The minimum atomic E-state index is 0.304. The summed E-state index contributed by atoms with van der Waals surface area (Å²) in [6, 6.07) is 0.463. The summed E-state index contributed by atoms with van der Waals surface area (Å²) in [5, 5.41) is 0. The van der Waals surface area contributed by atoms with E-state index in [1.807, 2.05) is 12.3 Å². The molecule has 1 unspecified atom stereocenters. The van der Waals surface area contributed by atoms with Crippen molar-refractivity contribution in [3.8, 4) is 0 Å². The number of hydrogen-bond donors (Lipinski definition) is 0. The van der Waals surface area contributed by atoms with Crippen LogP contribution in [-0.4, -0.2) is 47.8 Å². The van der Waals surface area contributed by atoms with E-state index in [9.17, 15) is 4.79 Å². The number of carbonyl (C=O) groups is 1. The largest absolute Gasteiger partial charge is 0.373 e. The van der Waals surface area contributed by atoms with Crippen LogP contribution in [0.15, 0.2) is 24.9 Å².